The summed E-state index contributed by atoms with van der Waals surface area (Å²) in [5.74, 6) is -1.48. The molecule has 0 bridgehead atoms. The van der Waals surface area contributed by atoms with Crippen LogP contribution in [0.25, 0.3) is 0 Å². The van der Waals surface area contributed by atoms with Gasteiger partial charge in [-0.05, 0) is 12.1 Å². The van der Waals surface area contributed by atoms with Crippen molar-refractivity contribution in [3.05, 3.63) is 17.0 Å². The maximum atomic E-state index is 11.7. The highest BCUT2D eigenvalue weighted by molar-refractivity contribution is 7.91. The van der Waals surface area contributed by atoms with E-state index in [0.29, 0.717) is 0 Å². The van der Waals surface area contributed by atoms with Crippen molar-refractivity contribution < 1.29 is 23.4 Å². The van der Waals surface area contributed by atoms with Crippen molar-refractivity contribution in [3.8, 4) is 6.07 Å². The number of sulfonamides is 1. The van der Waals surface area contributed by atoms with Crippen molar-refractivity contribution in [3.63, 3.8) is 0 Å². The minimum Gasteiger partial charge on any atom is -0.480 e. The topological polar surface area (TPSA) is 127 Å². The Balaban J connectivity index is 2.96. The van der Waals surface area contributed by atoms with Gasteiger partial charge in [-0.1, -0.05) is 0 Å². The molecule has 1 aromatic rings. The van der Waals surface area contributed by atoms with Crippen LogP contribution in [-0.4, -0.2) is 37.2 Å². The minimum absolute atomic E-state index is 0.172. The number of nitriles is 1. The molecule has 7 nitrogen and oxygen atoms in total. The predicted molar refractivity (Wildman–Crippen MR) is 57.9 cm³/mol. The fourth-order valence-electron chi connectivity index (χ4n) is 0.936. The van der Waals surface area contributed by atoms with Crippen molar-refractivity contribution in [2.24, 2.45) is 0 Å². The molecule has 0 aliphatic rings. The summed E-state index contributed by atoms with van der Waals surface area (Å²) in [6.07, 6.45) is 0. The number of nitrogens with one attached hydrogen (secondary N) is 1. The molecule has 1 aromatic heterocycles. The van der Waals surface area contributed by atoms with Gasteiger partial charge in [0.25, 0.3) is 10.0 Å². The zero-order valence-electron chi connectivity index (χ0n) is 8.32. The van der Waals surface area contributed by atoms with Gasteiger partial charge >= 0.3 is 5.97 Å². The van der Waals surface area contributed by atoms with Crippen molar-refractivity contribution in [1.82, 2.24) is 4.72 Å². The number of hydrogen-bond donors (Lipinski definition) is 3. The van der Waals surface area contributed by atoms with E-state index in [1.807, 2.05) is 4.72 Å². The summed E-state index contributed by atoms with van der Waals surface area (Å²) in [6, 6.07) is 2.68. The molecular formula is C8H8N2O5S2. The van der Waals surface area contributed by atoms with Crippen LogP contribution in [0.3, 0.4) is 0 Å². The Labute approximate surface area is 101 Å². The maximum absolute atomic E-state index is 11.7. The summed E-state index contributed by atoms with van der Waals surface area (Å²) in [6.45, 7) is -0.856. The number of thiophene rings is 1. The molecule has 0 saturated heterocycles. The van der Waals surface area contributed by atoms with E-state index >= 15 is 0 Å². The SMILES string of the molecule is N#Cc1ccc(S(=O)(=O)N[C@H](CO)C(=O)O)s1. The number of carbonyl (C=O) groups is 1. The first-order chi connectivity index (χ1) is 7.90. The van der Waals surface area contributed by atoms with Crippen molar-refractivity contribution in [2.45, 2.75) is 10.3 Å². The molecule has 1 rings (SSSR count). The number of aliphatic carboxylic acids is 1. The number of nitrogens with zero attached hydrogens (tertiary/aromatic N) is 1. The summed E-state index contributed by atoms with van der Waals surface area (Å²) in [5, 5.41) is 25.8. The van der Waals surface area contributed by atoms with Crippen LogP contribution >= 0.6 is 11.3 Å². The van der Waals surface area contributed by atoms with Crippen LogP contribution < -0.4 is 4.72 Å². The molecule has 92 valence electrons. The largest absolute Gasteiger partial charge is 0.480 e. The van der Waals surface area contributed by atoms with Gasteiger partial charge in [-0.25, -0.2) is 8.42 Å². The Morgan fingerprint density at radius 1 is 1.59 bits per heavy atom. The first kappa shape index (κ1) is 13.6. The second-order valence-corrected chi connectivity index (χ2v) is 5.95. The average Bonchev–Trinajstić information content (AvgIpc) is 2.74. The quantitative estimate of drug-likeness (QED) is 0.655. The second-order valence-electron chi connectivity index (χ2n) is 2.93. The van der Waals surface area contributed by atoms with Gasteiger partial charge in [-0.2, -0.15) is 9.98 Å². The van der Waals surface area contributed by atoms with Gasteiger partial charge in [0.1, 0.15) is 21.2 Å². The molecule has 0 amide bonds. The number of hydrogen-bond acceptors (Lipinski definition) is 6. The molecule has 0 saturated carbocycles. The molecule has 9 heteroatoms. The van der Waals surface area contributed by atoms with Gasteiger partial charge in [-0.15, -0.1) is 11.3 Å². The van der Waals surface area contributed by atoms with Gasteiger partial charge in [0.05, 0.1) is 6.61 Å². The van der Waals surface area contributed by atoms with Gasteiger partial charge in [0.2, 0.25) is 0 Å². The van der Waals surface area contributed by atoms with Crippen LogP contribution in [0.15, 0.2) is 16.3 Å². The van der Waals surface area contributed by atoms with Gasteiger partial charge in [0.15, 0.2) is 0 Å². The standard InChI is InChI=1S/C8H8N2O5S2/c9-3-5-1-2-7(16-5)17(14,15)10-6(4-11)8(12)13/h1-2,6,10-11H,4H2,(H,12,13)/t6-/m1/s1. The lowest BCUT2D eigenvalue weighted by molar-refractivity contribution is -0.139. The smallest absolute Gasteiger partial charge is 0.324 e. The van der Waals surface area contributed by atoms with Crippen molar-refractivity contribution in [2.75, 3.05) is 6.61 Å². The van der Waals surface area contributed by atoms with Crippen LogP contribution in [0.4, 0.5) is 0 Å². The zero-order chi connectivity index (χ0) is 13.1. The molecule has 1 heterocycles. The van der Waals surface area contributed by atoms with Crippen molar-refractivity contribution >= 4 is 27.3 Å². The lowest BCUT2D eigenvalue weighted by Crippen LogP contribution is -2.42. The Hall–Kier alpha value is -1.47. The fourth-order valence-corrected chi connectivity index (χ4v) is 3.24. The highest BCUT2D eigenvalue weighted by Crippen LogP contribution is 2.20. The number of rotatable bonds is 5. The van der Waals surface area contributed by atoms with E-state index in [-0.39, 0.29) is 9.09 Å². The van der Waals surface area contributed by atoms with E-state index in [9.17, 15) is 13.2 Å². The zero-order valence-corrected chi connectivity index (χ0v) is 9.96. The molecule has 0 radical (unpaired) electrons. The minimum atomic E-state index is -4.03. The average molecular weight is 276 g/mol. The lowest BCUT2D eigenvalue weighted by Gasteiger charge is -2.10. The third kappa shape index (κ3) is 3.24. The molecular weight excluding hydrogens is 268 g/mol. The Kier molecular flexibility index (Phi) is 4.19. The van der Waals surface area contributed by atoms with Gasteiger partial charge in [0, 0.05) is 0 Å². The summed E-state index contributed by atoms with van der Waals surface area (Å²) in [7, 11) is -4.03. The summed E-state index contributed by atoms with van der Waals surface area (Å²) in [4.78, 5) is 10.8. The summed E-state index contributed by atoms with van der Waals surface area (Å²) < 4.78 is 24.9. The van der Waals surface area contributed by atoms with E-state index < -0.39 is 28.6 Å². The number of carboxylic acids is 1. The van der Waals surface area contributed by atoms with Gasteiger partial charge in [-0.3, -0.25) is 4.79 Å². The second kappa shape index (κ2) is 5.24. The lowest BCUT2D eigenvalue weighted by atomic mass is 10.3. The molecule has 0 fully saturated rings. The molecule has 1 atom stereocenters. The van der Waals surface area contributed by atoms with Gasteiger partial charge < -0.3 is 10.2 Å². The Morgan fingerprint density at radius 3 is 2.65 bits per heavy atom. The first-order valence-electron chi connectivity index (χ1n) is 4.26. The normalized spacial score (nSPS) is 12.9. The first-order valence-corrected chi connectivity index (χ1v) is 6.56. The van der Waals surface area contributed by atoms with Crippen LogP contribution in [0, 0.1) is 11.3 Å². The number of aliphatic hydroxyl groups excluding tert-OH is 1. The molecule has 0 spiro atoms. The Morgan fingerprint density at radius 2 is 2.24 bits per heavy atom. The molecule has 0 unspecified atom stereocenters. The number of carboxylic acid groups (broad SMARTS) is 1. The predicted octanol–water partition coefficient (Wildman–Crippen LogP) is -0.656. The van der Waals surface area contributed by atoms with Crippen LogP contribution in [0.2, 0.25) is 0 Å². The maximum Gasteiger partial charge on any atom is 0.324 e. The van der Waals surface area contributed by atoms with E-state index in [1.165, 1.54) is 12.1 Å². The van der Waals surface area contributed by atoms with Crippen LogP contribution in [0.1, 0.15) is 4.88 Å². The summed E-state index contributed by atoms with van der Waals surface area (Å²) in [5.41, 5.74) is 0. The third-order valence-electron chi connectivity index (χ3n) is 1.73. The Bertz CT molecular complexity index is 557. The molecule has 3 N–H and O–H groups in total. The van der Waals surface area contributed by atoms with E-state index in [1.54, 1.807) is 6.07 Å². The van der Waals surface area contributed by atoms with Crippen LogP contribution in [0.5, 0.6) is 0 Å². The molecule has 17 heavy (non-hydrogen) atoms. The van der Waals surface area contributed by atoms with E-state index in [4.69, 9.17) is 15.5 Å². The highest BCUT2D eigenvalue weighted by atomic mass is 32.2. The fraction of sp³-hybridized carbons (Fsp3) is 0.250. The molecule has 0 aromatic carbocycles. The third-order valence-corrected chi connectivity index (χ3v) is 4.69. The highest BCUT2D eigenvalue weighted by Gasteiger charge is 2.25. The van der Waals surface area contributed by atoms with Crippen molar-refractivity contribution in [1.29, 1.82) is 5.26 Å². The van der Waals surface area contributed by atoms with E-state index in [2.05, 4.69) is 0 Å². The van der Waals surface area contributed by atoms with E-state index in [0.717, 1.165) is 11.3 Å². The molecule has 0 aliphatic carbocycles. The summed E-state index contributed by atoms with van der Waals surface area (Å²) >= 11 is 0.718. The monoisotopic (exact) mass is 276 g/mol. The number of aliphatic hydroxyl groups is 1. The molecule has 0 aliphatic heterocycles. The van der Waals surface area contributed by atoms with Crippen LogP contribution in [-0.2, 0) is 14.8 Å².